The number of para-hydroxylation sites is 1. The van der Waals surface area contributed by atoms with Crippen LogP contribution in [0, 0.1) is 0 Å². The summed E-state index contributed by atoms with van der Waals surface area (Å²) in [7, 11) is 3.52. The molecule has 3 rings (SSSR count). The Morgan fingerprint density at radius 2 is 1.66 bits per heavy atom. The van der Waals surface area contributed by atoms with Crippen LogP contribution in [0.25, 0.3) is 6.08 Å². The predicted molar refractivity (Wildman–Crippen MR) is 118 cm³/mol. The van der Waals surface area contributed by atoms with Gasteiger partial charge in [0.25, 0.3) is 0 Å². The summed E-state index contributed by atoms with van der Waals surface area (Å²) in [5.74, 6) is 0.970. The Kier molecular flexibility index (Phi) is 7.85. The van der Waals surface area contributed by atoms with Gasteiger partial charge in [-0.05, 0) is 11.6 Å². The van der Waals surface area contributed by atoms with E-state index in [1.54, 1.807) is 12.0 Å². The number of carbonyl (C=O) groups excluding carboxylic acids is 1. The Hall–Kier alpha value is -2.63. The van der Waals surface area contributed by atoms with Gasteiger partial charge in [-0.3, -0.25) is 14.6 Å². The molecule has 0 N–H and O–H groups in total. The topological polar surface area (TPSA) is 36.0 Å². The molecule has 154 valence electrons. The molecule has 0 spiro atoms. The Bertz CT molecular complexity index is 799. The fourth-order valence-corrected chi connectivity index (χ4v) is 3.52. The number of amides is 1. The van der Waals surface area contributed by atoms with Crippen molar-refractivity contribution in [2.45, 2.75) is 6.54 Å². The van der Waals surface area contributed by atoms with Gasteiger partial charge in [0.15, 0.2) is 0 Å². The molecule has 1 aliphatic heterocycles. The van der Waals surface area contributed by atoms with Crippen molar-refractivity contribution in [3.8, 4) is 5.75 Å². The van der Waals surface area contributed by atoms with Crippen molar-refractivity contribution in [3.05, 3.63) is 71.8 Å². The first-order valence-corrected chi connectivity index (χ1v) is 10.2. The van der Waals surface area contributed by atoms with Crippen LogP contribution < -0.4 is 4.74 Å². The molecular weight excluding hydrogens is 362 g/mol. The summed E-state index contributed by atoms with van der Waals surface area (Å²) in [6.45, 7) is 5.81. The molecule has 0 aromatic heterocycles. The van der Waals surface area contributed by atoms with Gasteiger partial charge in [0, 0.05) is 51.9 Å². The average Bonchev–Trinajstić information content (AvgIpc) is 2.76. The molecule has 5 heteroatoms. The van der Waals surface area contributed by atoms with Gasteiger partial charge >= 0.3 is 0 Å². The maximum atomic E-state index is 12.6. The van der Waals surface area contributed by atoms with E-state index < -0.39 is 0 Å². The third-order valence-corrected chi connectivity index (χ3v) is 5.32. The number of rotatable bonds is 8. The fraction of sp³-hybridized carbons (Fsp3) is 0.375. The molecule has 0 bridgehead atoms. The molecule has 0 unspecified atom stereocenters. The summed E-state index contributed by atoms with van der Waals surface area (Å²) < 4.78 is 5.39. The quantitative estimate of drug-likeness (QED) is 0.691. The number of nitrogens with zero attached hydrogens (tertiary/aromatic N) is 3. The van der Waals surface area contributed by atoms with Gasteiger partial charge in [-0.25, -0.2) is 0 Å². The maximum Gasteiger partial charge on any atom is 0.236 e. The molecule has 0 aliphatic carbocycles. The second kappa shape index (κ2) is 10.8. The van der Waals surface area contributed by atoms with Gasteiger partial charge in [0.2, 0.25) is 5.91 Å². The fourth-order valence-electron chi connectivity index (χ4n) is 3.52. The van der Waals surface area contributed by atoms with Crippen LogP contribution in [-0.4, -0.2) is 74.0 Å². The number of hydrogen-bond donors (Lipinski definition) is 0. The van der Waals surface area contributed by atoms with Crippen LogP contribution in [0.15, 0.2) is 60.7 Å². The predicted octanol–water partition coefficient (Wildman–Crippen LogP) is 2.98. The highest BCUT2D eigenvalue weighted by atomic mass is 16.5. The number of carbonyl (C=O) groups is 1. The van der Waals surface area contributed by atoms with Crippen LogP contribution in [-0.2, 0) is 11.3 Å². The lowest BCUT2D eigenvalue weighted by molar-refractivity contribution is -0.132. The number of ether oxygens (including phenoxy) is 1. The molecule has 1 heterocycles. The molecule has 2 aromatic carbocycles. The molecule has 0 saturated carbocycles. The van der Waals surface area contributed by atoms with E-state index in [2.05, 4.69) is 46.2 Å². The number of hydrogen-bond acceptors (Lipinski definition) is 4. The zero-order valence-corrected chi connectivity index (χ0v) is 17.5. The smallest absolute Gasteiger partial charge is 0.236 e. The van der Waals surface area contributed by atoms with E-state index in [9.17, 15) is 4.79 Å². The van der Waals surface area contributed by atoms with Crippen molar-refractivity contribution in [2.75, 3.05) is 53.4 Å². The van der Waals surface area contributed by atoms with Gasteiger partial charge < -0.3 is 9.64 Å². The highest BCUT2D eigenvalue weighted by Crippen LogP contribution is 2.18. The molecule has 0 atom stereocenters. The molecule has 1 aliphatic rings. The minimum atomic E-state index is 0.147. The Morgan fingerprint density at radius 1 is 1.00 bits per heavy atom. The first-order chi connectivity index (χ1) is 14.2. The molecule has 1 saturated heterocycles. The minimum absolute atomic E-state index is 0.147. The minimum Gasteiger partial charge on any atom is -0.496 e. The zero-order valence-electron chi connectivity index (χ0n) is 17.5. The van der Waals surface area contributed by atoms with Crippen molar-refractivity contribution in [3.63, 3.8) is 0 Å². The van der Waals surface area contributed by atoms with Crippen molar-refractivity contribution in [1.82, 2.24) is 14.7 Å². The second-order valence-electron chi connectivity index (χ2n) is 7.45. The van der Waals surface area contributed by atoms with Gasteiger partial charge in [-0.1, -0.05) is 60.7 Å². The van der Waals surface area contributed by atoms with E-state index in [-0.39, 0.29) is 5.91 Å². The van der Waals surface area contributed by atoms with E-state index in [4.69, 9.17) is 4.74 Å². The molecule has 1 amide bonds. The zero-order chi connectivity index (χ0) is 20.5. The molecule has 5 nitrogen and oxygen atoms in total. The van der Waals surface area contributed by atoms with Crippen LogP contribution in [0.2, 0.25) is 0 Å². The van der Waals surface area contributed by atoms with Crippen LogP contribution in [0.5, 0.6) is 5.75 Å². The van der Waals surface area contributed by atoms with Crippen LogP contribution in [0.3, 0.4) is 0 Å². The summed E-state index contributed by atoms with van der Waals surface area (Å²) in [5.41, 5.74) is 2.26. The summed E-state index contributed by atoms with van der Waals surface area (Å²) in [6.07, 6.45) is 4.39. The summed E-state index contributed by atoms with van der Waals surface area (Å²) >= 11 is 0. The maximum absolute atomic E-state index is 12.6. The summed E-state index contributed by atoms with van der Waals surface area (Å²) in [4.78, 5) is 19.1. The van der Waals surface area contributed by atoms with Crippen molar-refractivity contribution in [2.24, 2.45) is 0 Å². The third-order valence-electron chi connectivity index (χ3n) is 5.32. The van der Waals surface area contributed by atoms with Crippen LogP contribution in [0.1, 0.15) is 11.1 Å². The largest absolute Gasteiger partial charge is 0.496 e. The van der Waals surface area contributed by atoms with E-state index in [0.717, 1.165) is 44.0 Å². The standard InChI is InChI=1S/C24H31N3O2/c1-25(19-22-12-6-7-13-23(22)29-2)24(28)20-27-17-15-26(16-18-27)14-8-11-21-9-4-3-5-10-21/h3-13H,14-20H2,1-2H3. The molecular formula is C24H31N3O2. The first-order valence-electron chi connectivity index (χ1n) is 10.2. The van der Waals surface area contributed by atoms with Gasteiger partial charge in [-0.15, -0.1) is 0 Å². The highest BCUT2D eigenvalue weighted by Gasteiger charge is 2.20. The average molecular weight is 394 g/mol. The summed E-state index contributed by atoms with van der Waals surface area (Å²) in [5, 5.41) is 0. The van der Waals surface area contributed by atoms with E-state index >= 15 is 0 Å². The Morgan fingerprint density at radius 3 is 2.38 bits per heavy atom. The number of likely N-dealkylation sites (N-methyl/N-ethyl adjacent to an activating group) is 1. The normalized spacial score (nSPS) is 15.5. The number of methoxy groups -OCH3 is 1. The van der Waals surface area contributed by atoms with Crippen molar-refractivity contribution in [1.29, 1.82) is 0 Å². The number of benzene rings is 2. The van der Waals surface area contributed by atoms with Crippen molar-refractivity contribution >= 4 is 12.0 Å². The Labute approximate surface area is 174 Å². The van der Waals surface area contributed by atoms with Crippen molar-refractivity contribution < 1.29 is 9.53 Å². The lowest BCUT2D eigenvalue weighted by atomic mass is 10.2. The second-order valence-corrected chi connectivity index (χ2v) is 7.45. The molecule has 1 fully saturated rings. The van der Waals surface area contributed by atoms with E-state index in [1.807, 2.05) is 37.4 Å². The Balaban J connectivity index is 1.40. The number of piperazine rings is 1. The molecule has 2 aromatic rings. The van der Waals surface area contributed by atoms with Gasteiger partial charge in [0.05, 0.1) is 13.7 Å². The third kappa shape index (κ3) is 6.44. The van der Waals surface area contributed by atoms with E-state index in [1.165, 1.54) is 5.56 Å². The van der Waals surface area contributed by atoms with Crippen LogP contribution in [0.4, 0.5) is 0 Å². The first kappa shape index (κ1) is 21.1. The van der Waals surface area contributed by atoms with Gasteiger partial charge in [0.1, 0.15) is 5.75 Å². The highest BCUT2D eigenvalue weighted by molar-refractivity contribution is 5.78. The van der Waals surface area contributed by atoms with E-state index in [0.29, 0.717) is 13.1 Å². The molecule has 29 heavy (non-hydrogen) atoms. The lowest BCUT2D eigenvalue weighted by Crippen LogP contribution is -2.49. The summed E-state index contributed by atoms with van der Waals surface area (Å²) in [6, 6.07) is 18.2. The van der Waals surface area contributed by atoms with Gasteiger partial charge in [-0.2, -0.15) is 0 Å². The molecule has 0 radical (unpaired) electrons. The van der Waals surface area contributed by atoms with Crippen LogP contribution >= 0.6 is 0 Å². The monoisotopic (exact) mass is 393 g/mol. The lowest BCUT2D eigenvalue weighted by Gasteiger charge is -2.34. The SMILES string of the molecule is COc1ccccc1CN(C)C(=O)CN1CCN(CC=Cc2ccccc2)CC1.